The van der Waals surface area contributed by atoms with Crippen LogP contribution >= 0.6 is 11.8 Å². The lowest BCUT2D eigenvalue weighted by Crippen LogP contribution is -2.63. The van der Waals surface area contributed by atoms with Crippen molar-refractivity contribution in [2.24, 2.45) is 0 Å². The summed E-state index contributed by atoms with van der Waals surface area (Å²) in [5, 5.41) is 5.02. The molecule has 10 heteroatoms. The zero-order valence-corrected chi connectivity index (χ0v) is 19.3. The van der Waals surface area contributed by atoms with Gasteiger partial charge in [-0.25, -0.2) is 14.4 Å². The number of hydrogen-bond acceptors (Lipinski definition) is 8. The van der Waals surface area contributed by atoms with Gasteiger partial charge in [-0.1, -0.05) is 18.2 Å². The fourth-order valence-corrected chi connectivity index (χ4v) is 3.49. The van der Waals surface area contributed by atoms with Crippen LogP contribution in [0.4, 0.5) is 4.79 Å². The van der Waals surface area contributed by atoms with Gasteiger partial charge in [0, 0.05) is 23.6 Å². The minimum Gasteiger partial charge on any atom is -0.467 e. The van der Waals surface area contributed by atoms with E-state index in [4.69, 9.17) is 14.2 Å². The van der Waals surface area contributed by atoms with E-state index in [2.05, 4.69) is 10.6 Å². The lowest BCUT2D eigenvalue weighted by atomic mass is 10.0. The molecule has 0 fully saturated rings. The summed E-state index contributed by atoms with van der Waals surface area (Å²) in [6.07, 6.45) is -0.359. The van der Waals surface area contributed by atoms with Gasteiger partial charge in [-0.15, -0.1) is 11.8 Å². The van der Waals surface area contributed by atoms with Crippen molar-refractivity contribution >= 4 is 35.7 Å². The van der Waals surface area contributed by atoms with Crippen LogP contribution in [0, 0.1) is 0 Å². The summed E-state index contributed by atoms with van der Waals surface area (Å²) in [6.45, 7) is 5.41. The smallest absolute Gasteiger partial charge is 0.407 e. The average molecular weight is 455 g/mol. The summed E-state index contributed by atoms with van der Waals surface area (Å²) in [4.78, 5) is 50.0. The van der Waals surface area contributed by atoms with E-state index < -0.39 is 35.1 Å². The van der Waals surface area contributed by atoms with Crippen LogP contribution in [0.1, 0.15) is 33.6 Å². The molecule has 31 heavy (non-hydrogen) atoms. The van der Waals surface area contributed by atoms with Crippen molar-refractivity contribution < 1.29 is 33.4 Å². The zero-order valence-electron chi connectivity index (χ0n) is 18.5. The Morgan fingerprint density at radius 1 is 0.968 bits per heavy atom. The summed E-state index contributed by atoms with van der Waals surface area (Å²) in [6, 6.07) is 9.10. The first kappa shape index (κ1) is 26.3. The van der Waals surface area contributed by atoms with Crippen LogP contribution in [-0.4, -0.2) is 61.6 Å². The molecule has 0 aromatic heterocycles. The van der Waals surface area contributed by atoms with E-state index in [9.17, 15) is 19.2 Å². The molecule has 0 saturated heterocycles. The van der Waals surface area contributed by atoms with Crippen LogP contribution < -0.4 is 10.6 Å². The SMILES string of the molecule is COC(=O)C(CSc1ccccc1)(NC(=O)CCCNC(=O)OC(C)(C)C)C(=O)OC. The van der Waals surface area contributed by atoms with Crippen LogP contribution in [0.3, 0.4) is 0 Å². The fourth-order valence-electron chi connectivity index (χ4n) is 2.45. The van der Waals surface area contributed by atoms with Crippen LogP contribution in [0.15, 0.2) is 35.2 Å². The number of nitrogens with one attached hydrogen (secondary N) is 2. The molecule has 2 N–H and O–H groups in total. The number of hydrogen-bond donors (Lipinski definition) is 2. The Morgan fingerprint density at radius 2 is 1.55 bits per heavy atom. The van der Waals surface area contributed by atoms with Crippen LogP contribution in [0.5, 0.6) is 0 Å². The second kappa shape index (κ2) is 12.2. The maximum atomic E-state index is 12.5. The standard InChI is InChI=1S/C21H30N2O7S/c1-20(2,3)30-19(27)22-13-9-12-16(24)23-21(17(25)28-4,18(26)29-5)14-31-15-10-7-6-8-11-15/h6-8,10-11H,9,12-14H2,1-5H3,(H,22,27)(H,23,24). The van der Waals surface area contributed by atoms with Gasteiger partial charge in [0.1, 0.15) is 5.60 Å². The number of carbonyl (C=O) groups excluding carboxylic acids is 4. The molecule has 0 aliphatic carbocycles. The molecule has 0 saturated carbocycles. The van der Waals surface area contributed by atoms with Gasteiger partial charge in [-0.2, -0.15) is 0 Å². The van der Waals surface area contributed by atoms with Gasteiger partial charge in [0.25, 0.3) is 0 Å². The van der Waals surface area contributed by atoms with E-state index in [0.29, 0.717) is 0 Å². The highest BCUT2D eigenvalue weighted by Gasteiger charge is 2.50. The maximum absolute atomic E-state index is 12.5. The third-order valence-electron chi connectivity index (χ3n) is 3.87. The summed E-state index contributed by atoms with van der Waals surface area (Å²) in [5.41, 5.74) is -2.63. The second-order valence-corrected chi connectivity index (χ2v) is 8.62. The van der Waals surface area contributed by atoms with E-state index in [-0.39, 0.29) is 25.1 Å². The Morgan fingerprint density at radius 3 is 2.06 bits per heavy atom. The van der Waals surface area contributed by atoms with Crippen molar-refractivity contribution in [2.75, 3.05) is 26.5 Å². The zero-order chi connectivity index (χ0) is 23.5. The molecule has 0 aliphatic rings. The third kappa shape index (κ3) is 8.87. The molecule has 1 rings (SSSR count). The molecule has 0 bridgehead atoms. The highest BCUT2D eigenvalue weighted by molar-refractivity contribution is 7.99. The van der Waals surface area contributed by atoms with Crippen molar-refractivity contribution in [2.45, 2.75) is 49.6 Å². The van der Waals surface area contributed by atoms with Gasteiger partial charge < -0.3 is 24.8 Å². The largest absolute Gasteiger partial charge is 0.467 e. The number of methoxy groups -OCH3 is 2. The molecule has 0 spiro atoms. The molecule has 0 heterocycles. The highest BCUT2D eigenvalue weighted by Crippen LogP contribution is 2.25. The Bertz CT molecular complexity index is 747. The molecule has 0 atom stereocenters. The molecule has 9 nitrogen and oxygen atoms in total. The molecule has 0 unspecified atom stereocenters. The molecule has 1 aromatic rings. The molecule has 0 radical (unpaired) electrons. The topological polar surface area (TPSA) is 120 Å². The monoisotopic (exact) mass is 454 g/mol. The van der Waals surface area contributed by atoms with Gasteiger partial charge in [0.05, 0.1) is 14.2 Å². The first-order valence-corrected chi connectivity index (χ1v) is 10.6. The molecular weight excluding hydrogens is 424 g/mol. The van der Waals surface area contributed by atoms with E-state index in [0.717, 1.165) is 19.1 Å². The first-order chi connectivity index (χ1) is 14.5. The lowest BCUT2D eigenvalue weighted by Gasteiger charge is -2.29. The molecular formula is C21H30N2O7S. The Kier molecular flexibility index (Phi) is 10.3. The number of carbonyl (C=O) groups is 4. The number of alkyl carbamates (subject to hydrolysis) is 1. The number of thioether (sulfide) groups is 1. The van der Waals surface area contributed by atoms with Crippen LogP contribution in [-0.2, 0) is 28.6 Å². The highest BCUT2D eigenvalue weighted by atomic mass is 32.2. The molecule has 2 amide bonds. The van der Waals surface area contributed by atoms with E-state index in [1.54, 1.807) is 20.8 Å². The normalized spacial score (nSPS) is 11.3. The number of ether oxygens (including phenoxy) is 3. The second-order valence-electron chi connectivity index (χ2n) is 7.57. The number of benzene rings is 1. The van der Waals surface area contributed by atoms with Crippen molar-refractivity contribution in [1.29, 1.82) is 0 Å². The minimum absolute atomic E-state index is 0.0401. The van der Waals surface area contributed by atoms with Gasteiger partial charge in [-0.05, 0) is 39.3 Å². The van der Waals surface area contributed by atoms with Gasteiger partial charge in [-0.3, -0.25) is 4.79 Å². The Hall–Kier alpha value is -2.75. The summed E-state index contributed by atoms with van der Waals surface area (Å²) in [7, 11) is 2.26. The van der Waals surface area contributed by atoms with Crippen molar-refractivity contribution in [3.05, 3.63) is 30.3 Å². The van der Waals surface area contributed by atoms with E-state index in [1.165, 1.54) is 11.8 Å². The van der Waals surface area contributed by atoms with Crippen molar-refractivity contribution in [3.63, 3.8) is 0 Å². The van der Waals surface area contributed by atoms with Crippen LogP contribution in [0.25, 0.3) is 0 Å². The fraction of sp³-hybridized carbons (Fsp3) is 0.524. The average Bonchev–Trinajstić information content (AvgIpc) is 2.72. The third-order valence-corrected chi connectivity index (χ3v) is 5.05. The predicted octanol–water partition coefficient (Wildman–Crippen LogP) is 2.28. The van der Waals surface area contributed by atoms with Gasteiger partial charge in [0.2, 0.25) is 11.4 Å². The number of rotatable bonds is 10. The quantitative estimate of drug-likeness (QED) is 0.182. The van der Waals surface area contributed by atoms with Gasteiger partial charge in [0.15, 0.2) is 0 Å². The Labute approximate surface area is 186 Å². The molecule has 172 valence electrons. The summed E-state index contributed by atoms with van der Waals surface area (Å²) >= 11 is 1.20. The number of esters is 2. The first-order valence-electron chi connectivity index (χ1n) is 9.66. The van der Waals surface area contributed by atoms with Crippen LogP contribution in [0.2, 0.25) is 0 Å². The predicted molar refractivity (Wildman–Crippen MR) is 116 cm³/mol. The van der Waals surface area contributed by atoms with E-state index >= 15 is 0 Å². The lowest BCUT2D eigenvalue weighted by molar-refractivity contribution is -0.163. The molecule has 1 aromatic carbocycles. The van der Waals surface area contributed by atoms with E-state index in [1.807, 2.05) is 30.3 Å². The van der Waals surface area contributed by atoms with Crippen molar-refractivity contribution in [3.8, 4) is 0 Å². The summed E-state index contributed by atoms with van der Waals surface area (Å²) < 4.78 is 14.7. The molecule has 0 aliphatic heterocycles. The number of amides is 2. The van der Waals surface area contributed by atoms with Gasteiger partial charge >= 0.3 is 18.0 Å². The Balaban J connectivity index is 2.77. The summed E-state index contributed by atoms with van der Waals surface area (Å²) in [5.74, 6) is -2.53. The maximum Gasteiger partial charge on any atom is 0.407 e. The minimum atomic E-state index is -2.00. The van der Waals surface area contributed by atoms with Crippen molar-refractivity contribution in [1.82, 2.24) is 10.6 Å².